The van der Waals surface area contributed by atoms with E-state index < -0.39 is 20.8 Å². The quantitative estimate of drug-likeness (QED) is 0.0877. The second-order valence-corrected chi connectivity index (χ2v) is 12.7. The standard InChI is InChI=1S/2C13H8Br.2ClH.H2S.Zr/c2*14-11-5-6-13-10(8-11)7-9-3-1-2-4-12(9)13;;;;/h2*1-2,4-6,8H,7H2;2*1H;1H2;/q2*-1;;;;+2/p-3. The minimum absolute atomic E-state index is 0. The molecule has 0 amide bonds. The zero-order valence-corrected chi connectivity index (χ0v) is 24.8. The monoisotopic (exact) mass is 679 g/mol. The fourth-order valence-electron chi connectivity index (χ4n) is 4.06. The Balaban J connectivity index is 0.000000157. The van der Waals surface area contributed by atoms with Crippen molar-refractivity contribution >= 4 is 62.4 Å². The van der Waals surface area contributed by atoms with Crippen LogP contribution < -0.4 is 0 Å². The Morgan fingerprint density at radius 1 is 0.656 bits per heavy atom. The van der Waals surface area contributed by atoms with Gasteiger partial charge in [0, 0.05) is 8.95 Å². The van der Waals surface area contributed by atoms with E-state index in [0.717, 1.165) is 21.8 Å². The molecule has 0 aliphatic heterocycles. The number of halogens is 4. The number of hydrogen-bond acceptors (Lipinski definition) is 1. The van der Waals surface area contributed by atoms with Gasteiger partial charge < -0.3 is 13.5 Å². The van der Waals surface area contributed by atoms with Gasteiger partial charge in [0.2, 0.25) is 0 Å². The fraction of sp³-hybridized carbons (Fsp3) is 0.0769. The van der Waals surface area contributed by atoms with Crippen molar-refractivity contribution in [3.8, 4) is 22.3 Å². The van der Waals surface area contributed by atoms with Crippen LogP contribution in [-0.4, -0.2) is 0 Å². The summed E-state index contributed by atoms with van der Waals surface area (Å²) in [6.45, 7) is 0. The van der Waals surface area contributed by atoms with Gasteiger partial charge >= 0.3 is 37.9 Å². The largest absolute Gasteiger partial charge is 0.813 e. The minimum atomic E-state index is -0.826. The maximum Gasteiger partial charge on any atom is -0.813 e. The Kier molecular flexibility index (Phi) is 10.2. The first-order valence-corrected chi connectivity index (χ1v) is 17.6. The molecule has 4 aromatic rings. The first-order valence-electron chi connectivity index (χ1n) is 9.63. The number of hydrogen-bond donors (Lipinski definition) is 0. The molecule has 2 aliphatic carbocycles. The Morgan fingerprint density at radius 3 is 1.47 bits per heavy atom. The average Bonchev–Trinajstić information content (AvgIpc) is 3.31. The van der Waals surface area contributed by atoms with Gasteiger partial charge in [-0.3, -0.25) is 0 Å². The van der Waals surface area contributed by atoms with E-state index in [2.05, 4.69) is 105 Å². The number of fused-ring (bicyclic) bond motifs is 6. The maximum atomic E-state index is 4.93. The molecule has 0 aromatic heterocycles. The van der Waals surface area contributed by atoms with Crippen molar-refractivity contribution in [2.75, 3.05) is 0 Å². The summed E-state index contributed by atoms with van der Waals surface area (Å²) in [5.74, 6) is 0. The van der Waals surface area contributed by atoms with Crippen LogP contribution >= 0.6 is 48.9 Å². The molecule has 6 rings (SSSR count). The average molecular weight is 683 g/mol. The molecular weight excluding hydrogens is 666 g/mol. The molecule has 0 saturated carbocycles. The topological polar surface area (TPSA) is 0 Å². The van der Waals surface area contributed by atoms with E-state index in [0.29, 0.717) is 0 Å². The zero-order chi connectivity index (χ0) is 21.8. The molecule has 0 bridgehead atoms. The van der Waals surface area contributed by atoms with E-state index in [4.69, 9.17) is 17.0 Å². The van der Waals surface area contributed by atoms with Crippen LogP contribution in [0.4, 0.5) is 0 Å². The van der Waals surface area contributed by atoms with Crippen LogP contribution in [0.15, 0.2) is 81.7 Å². The second-order valence-electron chi connectivity index (χ2n) is 7.15. The smallest absolute Gasteiger partial charge is 0.813 e. The molecular formula is C26H17Br2Cl2SZr-3. The summed E-state index contributed by atoms with van der Waals surface area (Å²) in [4.78, 5) is 0. The van der Waals surface area contributed by atoms with Crippen molar-refractivity contribution in [3.63, 3.8) is 0 Å². The van der Waals surface area contributed by atoms with Crippen LogP contribution in [0.25, 0.3) is 22.3 Å². The second kappa shape index (κ2) is 12.4. The van der Waals surface area contributed by atoms with Gasteiger partial charge in [0.1, 0.15) is 0 Å². The molecule has 4 aromatic carbocycles. The van der Waals surface area contributed by atoms with E-state index in [1.165, 1.54) is 44.5 Å². The molecule has 0 nitrogen and oxygen atoms in total. The summed E-state index contributed by atoms with van der Waals surface area (Å²) < 4.78 is 2.31. The number of rotatable bonds is 0. The van der Waals surface area contributed by atoms with Gasteiger partial charge in [-0.2, -0.15) is 59.7 Å². The zero-order valence-electron chi connectivity index (χ0n) is 16.8. The van der Waals surface area contributed by atoms with Crippen molar-refractivity contribution in [1.82, 2.24) is 0 Å². The molecule has 0 radical (unpaired) electrons. The molecule has 162 valence electrons. The Bertz CT molecular complexity index is 1140. The van der Waals surface area contributed by atoms with Crippen molar-refractivity contribution < 1.29 is 20.8 Å². The van der Waals surface area contributed by atoms with Gasteiger partial charge in [-0.25, -0.2) is 0 Å². The third-order valence-corrected chi connectivity index (χ3v) is 6.32. The van der Waals surface area contributed by atoms with Gasteiger partial charge in [0.15, 0.2) is 0 Å². The van der Waals surface area contributed by atoms with Crippen molar-refractivity contribution in [1.29, 1.82) is 0 Å². The molecule has 0 saturated heterocycles. The van der Waals surface area contributed by atoms with E-state index in [-0.39, 0.29) is 13.5 Å². The van der Waals surface area contributed by atoms with Crippen LogP contribution in [0.1, 0.15) is 22.3 Å². The number of thiol groups is 1. The van der Waals surface area contributed by atoms with Gasteiger partial charge in [-0.1, -0.05) is 55.1 Å². The molecule has 0 unspecified atom stereocenters. The molecule has 6 heteroatoms. The summed E-state index contributed by atoms with van der Waals surface area (Å²) in [5.41, 5.74) is 10.8. The van der Waals surface area contributed by atoms with Gasteiger partial charge in [-0.15, -0.1) is 11.1 Å². The van der Waals surface area contributed by atoms with Gasteiger partial charge in [0.05, 0.1) is 0 Å². The third kappa shape index (κ3) is 6.01. The molecule has 0 fully saturated rings. The summed E-state index contributed by atoms with van der Waals surface area (Å²) in [6, 6.07) is 32.0. The Labute approximate surface area is 232 Å². The number of benzene rings is 4. The first kappa shape index (κ1) is 26.3. The van der Waals surface area contributed by atoms with Crippen LogP contribution in [0.2, 0.25) is 0 Å². The summed E-state index contributed by atoms with van der Waals surface area (Å²) in [5, 5.41) is 0. The summed E-state index contributed by atoms with van der Waals surface area (Å²) >= 11 is 6.17. The predicted octanol–water partition coefficient (Wildman–Crippen LogP) is 8.75. The van der Waals surface area contributed by atoms with Crippen molar-refractivity contribution in [2.45, 2.75) is 12.8 Å². The summed E-state index contributed by atoms with van der Waals surface area (Å²) in [7, 11) is 9.87. The van der Waals surface area contributed by atoms with Crippen LogP contribution in [0.5, 0.6) is 0 Å². The molecule has 0 atom stereocenters. The van der Waals surface area contributed by atoms with Gasteiger partial charge in [0.25, 0.3) is 0 Å². The Hall–Kier alpha value is -0.347. The molecule has 2 aliphatic rings. The van der Waals surface area contributed by atoms with Crippen LogP contribution in [0.3, 0.4) is 0 Å². The molecule has 0 N–H and O–H groups in total. The summed E-state index contributed by atoms with van der Waals surface area (Å²) in [6.07, 6.45) is 2.04. The van der Waals surface area contributed by atoms with Gasteiger partial charge in [-0.05, 0) is 48.2 Å². The van der Waals surface area contributed by atoms with E-state index in [9.17, 15) is 0 Å². The maximum absolute atomic E-state index is 4.93. The predicted molar refractivity (Wildman–Crippen MR) is 143 cm³/mol. The Morgan fingerprint density at radius 2 is 1.06 bits per heavy atom. The first-order chi connectivity index (χ1) is 15.1. The molecule has 0 heterocycles. The van der Waals surface area contributed by atoms with Crippen molar-refractivity contribution in [3.05, 3.63) is 116 Å². The molecule has 32 heavy (non-hydrogen) atoms. The SMILES string of the molecule is Brc1ccc2c(c1)Cc1[c-]cccc1-2.Brc1ccc2c(c1)Cc1[c-]cccc1-2.[Cl][Zr][Cl].[SH-]. The van der Waals surface area contributed by atoms with E-state index in [1.54, 1.807) is 0 Å². The van der Waals surface area contributed by atoms with E-state index in [1.807, 2.05) is 12.1 Å². The molecule has 0 spiro atoms. The third-order valence-electron chi connectivity index (χ3n) is 5.33. The minimum Gasteiger partial charge on any atom is -0.813 e. The van der Waals surface area contributed by atoms with Crippen LogP contribution in [-0.2, 0) is 47.2 Å². The van der Waals surface area contributed by atoms with E-state index >= 15 is 0 Å². The normalized spacial score (nSPS) is 11.2. The van der Waals surface area contributed by atoms with Crippen molar-refractivity contribution in [2.24, 2.45) is 0 Å². The van der Waals surface area contributed by atoms with Crippen LogP contribution in [0, 0.1) is 12.1 Å². The fourth-order valence-corrected chi connectivity index (χ4v) is 4.88.